The molecule has 3 rings (SSSR count). The molecule has 1 aromatic carbocycles. The molecule has 1 saturated heterocycles. The minimum atomic E-state index is -0.741. The summed E-state index contributed by atoms with van der Waals surface area (Å²) in [6, 6.07) is 10.1. The van der Waals surface area contributed by atoms with E-state index in [4.69, 9.17) is 4.74 Å². The molecule has 112 valence electrons. The molecule has 0 spiro atoms. The summed E-state index contributed by atoms with van der Waals surface area (Å²) in [5.74, 6) is 0. The van der Waals surface area contributed by atoms with Gasteiger partial charge in [-0.3, -0.25) is 0 Å². The zero-order chi connectivity index (χ0) is 14.7. The van der Waals surface area contributed by atoms with Crippen LogP contribution in [0.25, 0.3) is 5.69 Å². The van der Waals surface area contributed by atoms with Crippen molar-refractivity contribution in [2.45, 2.75) is 31.6 Å². The van der Waals surface area contributed by atoms with Gasteiger partial charge >= 0.3 is 0 Å². The average molecular weight is 287 g/mol. The maximum atomic E-state index is 10.4. The van der Waals surface area contributed by atoms with E-state index in [1.807, 2.05) is 36.0 Å². The number of aromatic nitrogens is 2. The van der Waals surface area contributed by atoms with Crippen molar-refractivity contribution < 1.29 is 9.84 Å². The fourth-order valence-electron chi connectivity index (χ4n) is 2.61. The van der Waals surface area contributed by atoms with Crippen LogP contribution in [0, 0.1) is 0 Å². The van der Waals surface area contributed by atoms with Crippen LogP contribution in [-0.2, 0) is 11.3 Å². The van der Waals surface area contributed by atoms with E-state index in [1.165, 1.54) is 5.56 Å². The van der Waals surface area contributed by atoms with E-state index >= 15 is 0 Å². The second-order valence-corrected chi connectivity index (χ2v) is 5.59. The molecule has 0 aliphatic carbocycles. The van der Waals surface area contributed by atoms with Crippen LogP contribution < -0.4 is 5.32 Å². The average Bonchev–Trinajstić information content (AvgIpc) is 3.12. The lowest BCUT2D eigenvalue weighted by atomic mass is 9.96. The third-order valence-electron chi connectivity index (χ3n) is 4.13. The smallest absolute Gasteiger partial charge is 0.105 e. The van der Waals surface area contributed by atoms with Crippen molar-refractivity contribution in [1.82, 2.24) is 15.1 Å². The van der Waals surface area contributed by atoms with Crippen LogP contribution in [0.5, 0.6) is 0 Å². The minimum Gasteiger partial charge on any atom is -0.386 e. The Kier molecular flexibility index (Phi) is 4.05. The van der Waals surface area contributed by atoms with Gasteiger partial charge in [-0.15, -0.1) is 0 Å². The number of rotatable bonds is 5. The Balaban J connectivity index is 1.54. The summed E-state index contributed by atoms with van der Waals surface area (Å²) in [6.07, 6.45) is 4.28. The molecule has 1 aliphatic heterocycles. The fraction of sp³-hybridized carbons (Fsp3) is 0.438. The zero-order valence-electron chi connectivity index (χ0n) is 12.2. The number of nitrogens with zero attached hydrogens (tertiary/aromatic N) is 2. The molecule has 0 radical (unpaired) electrons. The molecule has 2 aromatic rings. The Hall–Kier alpha value is -1.69. The van der Waals surface area contributed by atoms with E-state index < -0.39 is 5.60 Å². The van der Waals surface area contributed by atoms with Crippen LogP contribution in [-0.4, -0.2) is 39.7 Å². The molecule has 0 saturated carbocycles. The molecular formula is C16H21N3O2. The summed E-state index contributed by atoms with van der Waals surface area (Å²) in [6.45, 7) is 3.84. The molecule has 2 unspecified atom stereocenters. The third-order valence-corrected chi connectivity index (χ3v) is 4.13. The molecule has 21 heavy (non-hydrogen) atoms. The molecule has 2 heterocycles. The van der Waals surface area contributed by atoms with Gasteiger partial charge in [-0.1, -0.05) is 12.1 Å². The summed E-state index contributed by atoms with van der Waals surface area (Å²) < 4.78 is 7.26. The molecule has 1 fully saturated rings. The van der Waals surface area contributed by atoms with Crippen molar-refractivity contribution >= 4 is 0 Å². The van der Waals surface area contributed by atoms with Crippen molar-refractivity contribution in [2.24, 2.45) is 0 Å². The maximum Gasteiger partial charge on any atom is 0.105 e. The topological polar surface area (TPSA) is 59.3 Å². The second kappa shape index (κ2) is 5.97. The fourth-order valence-corrected chi connectivity index (χ4v) is 2.61. The highest BCUT2D eigenvalue weighted by atomic mass is 16.5. The first-order valence-corrected chi connectivity index (χ1v) is 7.31. The van der Waals surface area contributed by atoms with Gasteiger partial charge in [0.2, 0.25) is 0 Å². The first kappa shape index (κ1) is 14.3. The summed E-state index contributed by atoms with van der Waals surface area (Å²) in [7, 11) is 0. The quantitative estimate of drug-likeness (QED) is 0.875. The molecule has 5 nitrogen and oxygen atoms in total. The van der Waals surface area contributed by atoms with Gasteiger partial charge in [0, 0.05) is 38.5 Å². The summed E-state index contributed by atoms with van der Waals surface area (Å²) in [5, 5.41) is 17.9. The maximum absolute atomic E-state index is 10.4. The van der Waals surface area contributed by atoms with E-state index in [1.54, 1.807) is 6.20 Å². The van der Waals surface area contributed by atoms with E-state index in [2.05, 4.69) is 22.5 Å². The monoisotopic (exact) mass is 287 g/mol. The molecule has 5 heteroatoms. The number of nitrogens with one attached hydrogen (secondary N) is 1. The Morgan fingerprint density at radius 2 is 2.24 bits per heavy atom. The molecule has 0 amide bonds. The van der Waals surface area contributed by atoms with Gasteiger partial charge in [-0.05, 0) is 30.7 Å². The van der Waals surface area contributed by atoms with Crippen LogP contribution in [0.2, 0.25) is 0 Å². The highest BCUT2D eigenvalue weighted by Crippen LogP contribution is 2.24. The van der Waals surface area contributed by atoms with E-state index in [0.717, 1.165) is 12.2 Å². The van der Waals surface area contributed by atoms with Crippen LogP contribution in [0.15, 0.2) is 42.7 Å². The van der Waals surface area contributed by atoms with Gasteiger partial charge in [-0.25, -0.2) is 4.68 Å². The molecule has 0 bridgehead atoms. The molecule has 2 atom stereocenters. The van der Waals surface area contributed by atoms with Crippen LogP contribution >= 0.6 is 0 Å². The molecular weight excluding hydrogens is 266 g/mol. The standard InChI is InChI=1S/C16H21N3O2/c1-13-16(20,7-10-21-13)12-17-11-14-3-5-15(6-4-14)19-9-2-8-18-19/h2-6,8-9,13,17,20H,7,10-12H2,1H3. The number of ether oxygens (including phenoxy) is 1. The second-order valence-electron chi connectivity index (χ2n) is 5.59. The minimum absolute atomic E-state index is 0.104. The van der Waals surface area contributed by atoms with E-state index in [9.17, 15) is 5.11 Å². The highest BCUT2D eigenvalue weighted by Gasteiger charge is 2.38. The first-order valence-electron chi connectivity index (χ1n) is 7.31. The Labute approximate surface area is 124 Å². The molecule has 2 N–H and O–H groups in total. The lowest BCUT2D eigenvalue weighted by Crippen LogP contribution is -2.45. The van der Waals surface area contributed by atoms with E-state index in [-0.39, 0.29) is 6.10 Å². The lowest BCUT2D eigenvalue weighted by Gasteiger charge is -2.26. The number of hydrogen-bond acceptors (Lipinski definition) is 4. The molecule has 1 aromatic heterocycles. The SMILES string of the molecule is CC1OCCC1(O)CNCc1ccc(-n2cccn2)cc1. The van der Waals surface area contributed by atoms with Crippen LogP contribution in [0.4, 0.5) is 0 Å². The summed E-state index contributed by atoms with van der Waals surface area (Å²) >= 11 is 0. The number of aliphatic hydroxyl groups is 1. The van der Waals surface area contributed by atoms with Gasteiger partial charge in [0.15, 0.2) is 0 Å². The Bertz CT molecular complexity index is 568. The number of benzene rings is 1. The normalized spacial score (nSPS) is 25.3. The van der Waals surface area contributed by atoms with Gasteiger partial charge in [-0.2, -0.15) is 5.10 Å². The Morgan fingerprint density at radius 3 is 2.86 bits per heavy atom. The van der Waals surface area contributed by atoms with Crippen molar-refractivity contribution in [3.05, 3.63) is 48.3 Å². The van der Waals surface area contributed by atoms with Crippen molar-refractivity contribution in [3.63, 3.8) is 0 Å². The predicted molar refractivity (Wildman–Crippen MR) is 80.3 cm³/mol. The van der Waals surface area contributed by atoms with Crippen molar-refractivity contribution in [1.29, 1.82) is 0 Å². The largest absolute Gasteiger partial charge is 0.386 e. The van der Waals surface area contributed by atoms with E-state index in [0.29, 0.717) is 19.6 Å². The Morgan fingerprint density at radius 1 is 1.43 bits per heavy atom. The third kappa shape index (κ3) is 3.15. The predicted octanol–water partition coefficient (Wildman–Crippen LogP) is 1.50. The zero-order valence-corrected chi connectivity index (χ0v) is 12.2. The molecule has 1 aliphatic rings. The van der Waals surface area contributed by atoms with Gasteiger partial charge in [0.25, 0.3) is 0 Å². The highest BCUT2D eigenvalue weighted by molar-refractivity contribution is 5.33. The van der Waals surface area contributed by atoms with Gasteiger partial charge < -0.3 is 15.2 Å². The lowest BCUT2D eigenvalue weighted by molar-refractivity contribution is -0.0262. The first-order chi connectivity index (χ1) is 10.2. The van der Waals surface area contributed by atoms with Crippen molar-refractivity contribution in [2.75, 3.05) is 13.2 Å². The van der Waals surface area contributed by atoms with Crippen LogP contribution in [0.1, 0.15) is 18.9 Å². The summed E-state index contributed by atoms with van der Waals surface area (Å²) in [4.78, 5) is 0. The van der Waals surface area contributed by atoms with Gasteiger partial charge in [0.1, 0.15) is 5.60 Å². The summed E-state index contributed by atoms with van der Waals surface area (Å²) in [5.41, 5.74) is 1.48. The van der Waals surface area contributed by atoms with Crippen LogP contribution in [0.3, 0.4) is 0 Å². The van der Waals surface area contributed by atoms with Crippen molar-refractivity contribution in [3.8, 4) is 5.69 Å². The van der Waals surface area contributed by atoms with Gasteiger partial charge in [0.05, 0.1) is 11.8 Å². The number of hydrogen-bond donors (Lipinski definition) is 2.